The summed E-state index contributed by atoms with van der Waals surface area (Å²) in [5, 5.41) is 4.44. The van der Waals surface area contributed by atoms with Crippen molar-refractivity contribution in [2.45, 2.75) is 6.92 Å². The monoisotopic (exact) mass is 352 g/mol. The van der Waals surface area contributed by atoms with Crippen molar-refractivity contribution >= 4 is 40.2 Å². The van der Waals surface area contributed by atoms with Crippen LogP contribution in [0.15, 0.2) is 60.7 Å². The second-order valence-electron chi connectivity index (χ2n) is 5.32. The van der Waals surface area contributed by atoms with Crippen LogP contribution in [0.4, 0.5) is 5.69 Å². The molecule has 0 radical (unpaired) electrons. The van der Waals surface area contributed by atoms with Crippen LogP contribution in [-0.2, 0) is 4.79 Å². The first-order chi connectivity index (χ1) is 12.2. The summed E-state index contributed by atoms with van der Waals surface area (Å²) < 4.78 is 5.50. The number of halogens is 1. The van der Waals surface area contributed by atoms with E-state index in [0.717, 1.165) is 10.9 Å². The van der Waals surface area contributed by atoms with Crippen molar-refractivity contribution in [3.8, 4) is 5.75 Å². The molecule has 0 saturated heterocycles. The molecule has 3 rings (SSSR count). The molecule has 0 aliphatic carbocycles. The standard InChI is InChI=1S/C20H17ClN2O2/c1-2-25-19-6-4-3-5-17(19)23-20(24)12-11-16-10-8-14-7-9-15(21)13-18(14)22-16/h3-13H,2H2,1H3,(H,23,24)/b12-11+. The Labute approximate surface area is 151 Å². The molecule has 126 valence electrons. The Bertz CT molecular complexity index is 938. The summed E-state index contributed by atoms with van der Waals surface area (Å²) in [7, 11) is 0. The van der Waals surface area contributed by atoms with Crippen LogP contribution in [0, 0.1) is 0 Å². The lowest BCUT2D eigenvalue weighted by atomic mass is 10.2. The zero-order valence-corrected chi connectivity index (χ0v) is 14.5. The molecule has 1 N–H and O–H groups in total. The van der Waals surface area contributed by atoms with Gasteiger partial charge in [-0.05, 0) is 43.3 Å². The molecule has 5 heteroatoms. The highest BCUT2D eigenvalue weighted by atomic mass is 35.5. The van der Waals surface area contributed by atoms with Gasteiger partial charge in [0.25, 0.3) is 0 Å². The van der Waals surface area contributed by atoms with E-state index >= 15 is 0 Å². The molecule has 2 aromatic carbocycles. The Kier molecular flexibility index (Phi) is 5.31. The predicted octanol–water partition coefficient (Wildman–Crippen LogP) is 4.94. The van der Waals surface area contributed by atoms with Gasteiger partial charge in [-0.15, -0.1) is 0 Å². The lowest BCUT2D eigenvalue weighted by Gasteiger charge is -2.09. The van der Waals surface area contributed by atoms with Gasteiger partial charge in [-0.3, -0.25) is 4.79 Å². The number of carbonyl (C=O) groups is 1. The van der Waals surface area contributed by atoms with Gasteiger partial charge in [0.05, 0.1) is 23.5 Å². The Morgan fingerprint density at radius 2 is 2.00 bits per heavy atom. The fraction of sp³-hybridized carbons (Fsp3) is 0.100. The number of hydrogen-bond donors (Lipinski definition) is 1. The molecule has 3 aromatic rings. The number of nitrogens with one attached hydrogen (secondary N) is 1. The van der Waals surface area contributed by atoms with Gasteiger partial charge >= 0.3 is 0 Å². The van der Waals surface area contributed by atoms with E-state index < -0.39 is 0 Å². The smallest absolute Gasteiger partial charge is 0.248 e. The van der Waals surface area contributed by atoms with Gasteiger partial charge in [0.2, 0.25) is 5.91 Å². The van der Waals surface area contributed by atoms with E-state index in [1.807, 2.05) is 49.4 Å². The number of anilines is 1. The van der Waals surface area contributed by atoms with E-state index in [4.69, 9.17) is 16.3 Å². The highest BCUT2D eigenvalue weighted by Gasteiger charge is 2.05. The quantitative estimate of drug-likeness (QED) is 0.662. The van der Waals surface area contributed by atoms with E-state index in [1.165, 1.54) is 6.08 Å². The van der Waals surface area contributed by atoms with Crippen molar-refractivity contribution in [3.63, 3.8) is 0 Å². The highest BCUT2D eigenvalue weighted by Crippen LogP contribution is 2.23. The van der Waals surface area contributed by atoms with Crippen LogP contribution in [-0.4, -0.2) is 17.5 Å². The first kappa shape index (κ1) is 17.0. The zero-order chi connectivity index (χ0) is 17.6. The summed E-state index contributed by atoms with van der Waals surface area (Å²) in [5.41, 5.74) is 2.11. The number of nitrogens with zero attached hydrogens (tertiary/aromatic N) is 1. The minimum absolute atomic E-state index is 0.250. The Balaban J connectivity index is 1.74. The average molecular weight is 353 g/mol. The molecule has 25 heavy (non-hydrogen) atoms. The maximum Gasteiger partial charge on any atom is 0.248 e. The summed E-state index contributed by atoms with van der Waals surface area (Å²) in [6.45, 7) is 2.43. The number of amides is 1. The largest absolute Gasteiger partial charge is 0.492 e. The molecule has 0 fully saturated rings. The minimum Gasteiger partial charge on any atom is -0.492 e. The van der Waals surface area contributed by atoms with Crippen molar-refractivity contribution in [1.82, 2.24) is 4.98 Å². The lowest BCUT2D eigenvalue weighted by molar-refractivity contribution is -0.111. The Morgan fingerprint density at radius 3 is 2.84 bits per heavy atom. The number of fused-ring (bicyclic) bond motifs is 1. The number of benzene rings is 2. The van der Waals surface area contributed by atoms with Crippen molar-refractivity contribution in [1.29, 1.82) is 0 Å². The second-order valence-corrected chi connectivity index (χ2v) is 5.76. The van der Waals surface area contributed by atoms with E-state index in [1.54, 1.807) is 18.2 Å². The summed E-state index contributed by atoms with van der Waals surface area (Å²) in [4.78, 5) is 16.6. The van der Waals surface area contributed by atoms with Crippen LogP contribution < -0.4 is 10.1 Å². The first-order valence-corrected chi connectivity index (χ1v) is 8.30. The Hall–Kier alpha value is -2.85. The van der Waals surface area contributed by atoms with Crippen LogP contribution in [0.5, 0.6) is 5.75 Å². The van der Waals surface area contributed by atoms with Crippen LogP contribution in [0.1, 0.15) is 12.6 Å². The number of ether oxygens (including phenoxy) is 1. The van der Waals surface area contributed by atoms with Crippen LogP contribution in [0.2, 0.25) is 5.02 Å². The number of hydrogen-bond acceptors (Lipinski definition) is 3. The van der Waals surface area contributed by atoms with Gasteiger partial charge in [0.1, 0.15) is 5.75 Å². The molecule has 1 amide bonds. The first-order valence-electron chi connectivity index (χ1n) is 7.93. The van der Waals surface area contributed by atoms with E-state index in [2.05, 4.69) is 10.3 Å². The normalized spacial score (nSPS) is 11.0. The van der Waals surface area contributed by atoms with E-state index in [0.29, 0.717) is 28.8 Å². The summed E-state index contributed by atoms with van der Waals surface area (Å²) in [5.74, 6) is 0.394. The van der Waals surface area contributed by atoms with Crippen molar-refractivity contribution < 1.29 is 9.53 Å². The summed E-state index contributed by atoms with van der Waals surface area (Å²) >= 11 is 6.00. The van der Waals surface area contributed by atoms with Gasteiger partial charge < -0.3 is 10.1 Å². The van der Waals surface area contributed by atoms with Gasteiger partial charge in [-0.1, -0.05) is 35.9 Å². The Morgan fingerprint density at radius 1 is 1.20 bits per heavy atom. The molecule has 0 spiro atoms. The van der Waals surface area contributed by atoms with Gasteiger partial charge in [0.15, 0.2) is 0 Å². The molecule has 0 bridgehead atoms. The number of rotatable bonds is 5. The summed E-state index contributed by atoms with van der Waals surface area (Å²) in [6, 6.07) is 16.7. The van der Waals surface area contributed by atoms with Crippen molar-refractivity contribution in [2.24, 2.45) is 0 Å². The number of carbonyl (C=O) groups excluding carboxylic acids is 1. The lowest BCUT2D eigenvalue weighted by Crippen LogP contribution is -2.09. The highest BCUT2D eigenvalue weighted by molar-refractivity contribution is 6.31. The molecule has 1 heterocycles. The third-order valence-electron chi connectivity index (χ3n) is 3.53. The molecule has 1 aromatic heterocycles. The van der Waals surface area contributed by atoms with Crippen LogP contribution in [0.25, 0.3) is 17.0 Å². The molecule has 4 nitrogen and oxygen atoms in total. The molecule has 0 saturated carbocycles. The third kappa shape index (κ3) is 4.37. The second kappa shape index (κ2) is 7.81. The van der Waals surface area contributed by atoms with Crippen LogP contribution >= 0.6 is 11.6 Å². The maximum absolute atomic E-state index is 12.2. The minimum atomic E-state index is -0.250. The van der Waals surface area contributed by atoms with E-state index in [9.17, 15) is 4.79 Å². The molecule has 0 unspecified atom stereocenters. The fourth-order valence-electron chi connectivity index (χ4n) is 2.39. The average Bonchev–Trinajstić information content (AvgIpc) is 2.61. The number of pyridine rings is 1. The maximum atomic E-state index is 12.2. The summed E-state index contributed by atoms with van der Waals surface area (Å²) in [6.07, 6.45) is 3.11. The topological polar surface area (TPSA) is 51.2 Å². The molecular weight excluding hydrogens is 336 g/mol. The number of aromatic nitrogens is 1. The predicted molar refractivity (Wildman–Crippen MR) is 102 cm³/mol. The van der Waals surface area contributed by atoms with Crippen LogP contribution in [0.3, 0.4) is 0 Å². The van der Waals surface area contributed by atoms with Crippen molar-refractivity contribution in [2.75, 3.05) is 11.9 Å². The van der Waals surface area contributed by atoms with Gasteiger partial charge in [-0.25, -0.2) is 4.98 Å². The number of para-hydroxylation sites is 2. The molecule has 0 aliphatic heterocycles. The molecular formula is C20H17ClN2O2. The van der Waals surface area contributed by atoms with Gasteiger partial charge in [-0.2, -0.15) is 0 Å². The van der Waals surface area contributed by atoms with Crippen molar-refractivity contribution in [3.05, 3.63) is 71.4 Å². The molecule has 0 aliphatic rings. The third-order valence-corrected chi connectivity index (χ3v) is 3.76. The van der Waals surface area contributed by atoms with Gasteiger partial charge in [0, 0.05) is 16.5 Å². The zero-order valence-electron chi connectivity index (χ0n) is 13.7. The molecule has 0 atom stereocenters. The van der Waals surface area contributed by atoms with E-state index in [-0.39, 0.29) is 5.91 Å². The SMILES string of the molecule is CCOc1ccccc1NC(=O)/C=C/c1ccc2ccc(Cl)cc2n1. The fourth-order valence-corrected chi connectivity index (χ4v) is 2.55.